The molecule has 6 atom stereocenters. The van der Waals surface area contributed by atoms with Crippen LogP contribution in [0, 0.1) is 43.2 Å². The van der Waals surface area contributed by atoms with Crippen molar-refractivity contribution in [2.24, 2.45) is 66.9 Å². The summed E-state index contributed by atoms with van der Waals surface area (Å²) in [5.41, 5.74) is 45.6. The Balaban J connectivity index is 0.000000101. The molecule has 20 heterocycles. The first-order chi connectivity index (χ1) is 62.6. The predicted molar refractivity (Wildman–Crippen MR) is 546 cm³/mol. The Morgan fingerprint density at radius 3 is 0.685 bits per heavy atom. The van der Waals surface area contributed by atoms with Gasteiger partial charge in [-0.25, -0.2) is 59.8 Å². The highest BCUT2D eigenvalue weighted by atomic mass is 127. The largest absolute Gasteiger partial charge is 0.373 e. The second kappa shape index (κ2) is 37.7. The van der Waals surface area contributed by atoms with Crippen LogP contribution in [0.5, 0.6) is 0 Å². The number of fused-ring (bicyclic) bond motifs is 6. The maximum atomic E-state index is 6.52. The third kappa shape index (κ3) is 17.6. The molecule has 0 radical (unpaired) electrons. The van der Waals surface area contributed by atoms with Crippen molar-refractivity contribution in [3.63, 3.8) is 0 Å². The Bertz CT molecular complexity index is 5380. The fraction of sp³-hybridized carbons (Fsp3) is 0.609. The zero-order valence-electron chi connectivity index (χ0n) is 75.0. The van der Waals surface area contributed by atoms with Gasteiger partial charge >= 0.3 is 0 Å². The Kier molecular flexibility index (Phi) is 27.0. The van der Waals surface area contributed by atoms with Gasteiger partial charge in [-0.15, -0.1) is 0 Å². The number of ether oxygens (including phenoxy) is 2. The zero-order chi connectivity index (χ0) is 90.3. The van der Waals surface area contributed by atoms with Gasteiger partial charge in [-0.05, 0) is 266 Å². The monoisotopic (exact) mass is 2300 g/mol. The molecule has 696 valence electrons. The van der Waals surface area contributed by atoms with Crippen molar-refractivity contribution in [2.45, 2.75) is 229 Å². The molecule has 12 aromatic rings. The Hall–Kier alpha value is -6.17. The molecule has 0 aromatic carbocycles. The van der Waals surface area contributed by atoms with E-state index in [2.05, 4.69) is 254 Å². The number of anilines is 6. The van der Waals surface area contributed by atoms with Crippen LogP contribution in [0.3, 0.4) is 0 Å². The zero-order valence-corrected chi connectivity index (χ0v) is 86.2. The Labute approximate surface area is 826 Å². The molecule has 4 aliphatic carbocycles. The molecule has 130 heavy (non-hydrogen) atoms. The quantitative estimate of drug-likeness (QED) is 0.0842. The van der Waals surface area contributed by atoms with Gasteiger partial charge in [0.15, 0.2) is 33.9 Å². The lowest BCUT2D eigenvalue weighted by atomic mass is 9.74. The minimum absolute atomic E-state index is 0.0512. The molecule has 0 bridgehead atoms. The average molecular weight is 2300 g/mol. The number of nitrogens with two attached hydrogens (primary N) is 6. The number of hydrogen-bond donors (Lipinski definition) is 6. The highest BCUT2D eigenvalue weighted by molar-refractivity contribution is 14.1. The van der Waals surface area contributed by atoms with E-state index in [4.69, 9.17) is 43.9 Å². The minimum atomic E-state index is -0.177. The topological polar surface area (TPSA) is 375 Å². The number of imidazole rings is 6. The summed E-state index contributed by atoms with van der Waals surface area (Å²) in [5, 5.41) is 0. The van der Waals surface area contributed by atoms with Crippen LogP contribution in [-0.2, 0) is 9.47 Å². The first-order valence-electron chi connectivity index (χ1n) is 46.8. The van der Waals surface area contributed by atoms with Crippen molar-refractivity contribution in [3.05, 3.63) is 136 Å². The summed E-state index contributed by atoms with van der Waals surface area (Å²) in [7, 11) is 0. The second-order valence-electron chi connectivity index (χ2n) is 40.2. The number of nitrogens with zero attached hydrogens (tertiary/aromatic N) is 24. The van der Waals surface area contributed by atoms with Crippen LogP contribution in [0.1, 0.15) is 182 Å². The van der Waals surface area contributed by atoms with E-state index in [0.717, 1.165) is 211 Å². The van der Waals surface area contributed by atoms with Crippen LogP contribution in [0.25, 0.3) is 33.9 Å². The Morgan fingerprint density at radius 2 is 0.485 bits per heavy atom. The van der Waals surface area contributed by atoms with Crippen molar-refractivity contribution in [1.29, 1.82) is 0 Å². The molecule has 38 heteroatoms. The van der Waals surface area contributed by atoms with Gasteiger partial charge in [-0.2, -0.15) is 0 Å². The fourth-order valence-corrected chi connectivity index (χ4v) is 26.7. The number of rotatable bonds is 6. The van der Waals surface area contributed by atoms with Gasteiger partial charge in [0.1, 0.15) is 0 Å². The third-order valence-electron chi connectivity index (χ3n) is 32.3. The number of halogens is 6. The van der Waals surface area contributed by atoms with Crippen LogP contribution < -0.4 is 63.8 Å². The summed E-state index contributed by atoms with van der Waals surface area (Å²) in [6.07, 6.45) is 62.6. The molecule has 12 aromatic heterocycles. The van der Waals surface area contributed by atoms with Crippen LogP contribution in [0.2, 0.25) is 0 Å². The van der Waals surface area contributed by atoms with Crippen LogP contribution in [-0.4, -0.2) is 225 Å². The van der Waals surface area contributed by atoms with Crippen LogP contribution in [0.4, 0.5) is 35.7 Å². The molecule has 0 amide bonds. The molecular weight excluding hydrogens is 2180 g/mol. The van der Waals surface area contributed by atoms with Gasteiger partial charge in [0.25, 0.3) is 0 Å². The predicted octanol–water partition coefficient (Wildman–Crippen LogP) is 14.3. The summed E-state index contributed by atoms with van der Waals surface area (Å²) in [6.45, 7) is 22.3. The standard InChI is InChI=1S/C16H22BrN5O.C16H22IN5O.2C15H20BrN5.2C15H20IN5/c2*1-15(2)10-23-16(13(15)18)3-6-21(7-4-16)14-20-9-11(17)12-19-5-8-22(12)14;4*16-11-10-19-14(21-9-6-18-13(11)21)20-7-4-15(5-8-20)3-1-2-12(15)17/h2*5,8-9,13H,3-4,6-7,10,18H2,1-2H3;4*6,9-10,12H,1-5,7-8,17H2/t2*13-;4*12-/m001010/s1. The smallest absolute Gasteiger partial charge is 0.211 e. The molecule has 8 aliphatic heterocycles. The van der Waals surface area contributed by atoms with Crippen molar-refractivity contribution < 1.29 is 9.47 Å². The number of hydrogen-bond acceptors (Lipinski definition) is 26. The molecule has 12 fully saturated rings. The molecule has 8 saturated heterocycles. The lowest BCUT2D eigenvalue weighted by Crippen LogP contribution is -2.56. The van der Waals surface area contributed by atoms with Crippen LogP contribution in [0.15, 0.2) is 125 Å². The van der Waals surface area contributed by atoms with Gasteiger partial charge in [0.05, 0.1) is 48.5 Å². The van der Waals surface area contributed by atoms with Gasteiger partial charge in [0.2, 0.25) is 35.7 Å². The van der Waals surface area contributed by atoms with E-state index < -0.39 is 0 Å². The van der Waals surface area contributed by atoms with Crippen molar-refractivity contribution in [2.75, 3.05) is 121 Å². The van der Waals surface area contributed by atoms with E-state index >= 15 is 0 Å². The number of piperidine rings is 6. The van der Waals surface area contributed by atoms with Gasteiger partial charge in [0, 0.05) is 237 Å². The van der Waals surface area contributed by atoms with Crippen molar-refractivity contribution in [3.8, 4) is 0 Å². The lowest BCUT2D eigenvalue weighted by Gasteiger charge is -2.42. The molecule has 24 rings (SSSR count). The van der Waals surface area contributed by atoms with E-state index in [0.29, 0.717) is 45.8 Å². The van der Waals surface area contributed by atoms with E-state index in [9.17, 15) is 0 Å². The molecule has 4 saturated carbocycles. The molecule has 6 spiro atoms. The molecule has 32 nitrogen and oxygen atoms in total. The maximum absolute atomic E-state index is 6.52. The molecular formula is C92H124Br3I3N30O2. The highest BCUT2D eigenvalue weighted by Crippen LogP contribution is 2.52. The molecule has 0 unspecified atom stereocenters. The summed E-state index contributed by atoms with van der Waals surface area (Å²) >= 11 is 17.4. The first kappa shape index (κ1) is 92.9. The summed E-state index contributed by atoms with van der Waals surface area (Å²) in [5.74, 6) is 5.91. The highest BCUT2D eigenvalue weighted by Gasteiger charge is 2.56. The van der Waals surface area contributed by atoms with Gasteiger partial charge in [-0.3, -0.25) is 26.4 Å². The van der Waals surface area contributed by atoms with E-state index in [1.165, 1.54) is 128 Å². The normalized spacial score (nSPS) is 25.5. The average Bonchev–Trinajstić information content (AvgIpc) is 1.60. The minimum Gasteiger partial charge on any atom is -0.373 e. The first-order valence-corrected chi connectivity index (χ1v) is 52.4. The van der Waals surface area contributed by atoms with Crippen molar-refractivity contribution in [1.82, 2.24) is 86.2 Å². The van der Waals surface area contributed by atoms with E-state index in [1.54, 1.807) is 6.20 Å². The molecule has 12 aliphatic rings. The van der Waals surface area contributed by atoms with Crippen LogP contribution >= 0.6 is 116 Å². The van der Waals surface area contributed by atoms with Gasteiger partial charge in [-0.1, -0.05) is 53.4 Å². The molecule has 12 N–H and O–H groups in total. The third-order valence-corrected chi connectivity index (χ3v) is 36.3. The summed E-state index contributed by atoms with van der Waals surface area (Å²) < 4.78 is 30.8. The van der Waals surface area contributed by atoms with Crippen molar-refractivity contribution >= 4 is 185 Å². The lowest BCUT2D eigenvalue weighted by molar-refractivity contribution is -0.0238. The number of aromatic nitrogens is 18. The SMILES string of the molecule is CC1(C)COC2(CCN(c3ncc(Br)c4nccn34)CC2)[C@H]1N.CC1(C)COC2(CCN(c3ncc(I)c4nccn34)CC2)[C@H]1N.N[C@@H]1CCCC12CCN(c1ncc(Br)c3nccn13)CC2.N[C@@H]1CCCC12CCN(c1ncc(I)c3nccn13)CC2.N[C@H]1CCCC12CCN(c1ncc(Br)c3nccn13)CC2.N[C@H]1CCCC12CCN(c1ncc(I)c3nccn13)CC2. The maximum Gasteiger partial charge on any atom is 0.211 e. The summed E-state index contributed by atoms with van der Waals surface area (Å²) in [6, 6.07) is 1.77. The van der Waals surface area contributed by atoms with E-state index in [-0.39, 0.29) is 34.1 Å². The van der Waals surface area contributed by atoms with E-state index in [1.807, 2.05) is 110 Å². The Morgan fingerprint density at radius 1 is 0.285 bits per heavy atom. The van der Waals surface area contributed by atoms with Gasteiger partial charge < -0.3 is 73.3 Å². The fourth-order valence-electron chi connectivity index (χ4n) is 23.9. The second-order valence-corrected chi connectivity index (χ2v) is 46.2. The summed E-state index contributed by atoms with van der Waals surface area (Å²) in [4.78, 5) is 68.3.